The largest absolute Gasteiger partial charge is 0.346 e. The smallest absolute Gasteiger partial charge is 0.174 e. The van der Waals surface area contributed by atoms with Crippen LogP contribution in [0, 0.1) is 0 Å². The fraction of sp³-hybridized carbons (Fsp3) is 0.273. The number of anilines is 1. The van der Waals surface area contributed by atoms with Crippen LogP contribution in [-0.2, 0) is 13.1 Å². The summed E-state index contributed by atoms with van der Waals surface area (Å²) in [5.74, 6) is 0.758. The molecule has 29 heavy (non-hydrogen) atoms. The number of hydrogen-bond donors (Lipinski definition) is 1. The highest BCUT2D eigenvalue weighted by atomic mass is 35.5. The van der Waals surface area contributed by atoms with Gasteiger partial charge in [-0.2, -0.15) is 5.10 Å². The maximum Gasteiger partial charge on any atom is 0.174 e. The van der Waals surface area contributed by atoms with Crippen molar-refractivity contribution in [1.29, 1.82) is 0 Å². The van der Waals surface area contributed by atoms with E-state index in [1.807, 2.05) is 41.2 Å². The van der Waals surface area contributed by atoms with Crippen LogP contribution in [0.1, 0.15) is 11.1 Å². The second-order valence-corrected chi connectivity index (χ2v) is 7.96. The van der Waals surface area contributed by atoms with E-state index < -0.39 is 0 Å². The van der Waals surface area contributed by atoms with Crippen LogP contribution in [0.3, 0.4) is 0 Å². The van der Waals surface area contributed by atoms with E-state index in [9.17, 15) is 0 Å². The zero-order chi connectivity index (χ0) is 20.1. The van der Waals surface area contributed by atoms with Crippen LogP contribution in [0.25, 0.3) is 0 Å². The molecule has 0 aliphatic carbocycles. The summed E-state index contributed by atoms with van der Waals surface area (Å²) in [5, 5.41) is 9.33. The Hall–Kier alpha value is -2.41. The lowest BCUT2D eigenvalue weighted by atomic mass is 10.2. The minimum Gasteiger partial charge on any atom is -0.346 e. The Morgan fingerprint density at radius 1 is 0.931 bits per heavy atom. The average Bonchev–Trinajstić information content (AvgIpc) is 3.18. The molecule has 150 valence electrons. The van der Waals surface area contributed by atoms with E-state index in [1.54, 1.807) is 0 Å². The van der Waals surface area contributed by atoms with Crippen molar-refractivity contribution in [2.45, 2.75) is 13.1 Å². The summed E-state index contributed by atoms with van der Waals surface area (Å²) in [7, 11) is 0. The van der Waals surface area contributed by atoms with E-state index in [0.29, 0.717) is 6.54 Å². The third-order valence-electron chi connectivity index (χ3n) is 5.07. The highest BCUT2D eigenvalue weighted by Gasteiger charge is 2.19. The number of nitrogens with one attached hydrogen (secondary N) is 1. The van der Waals surface area contributed by atoms with Gasteiger partial charge in [0, 0.05) is 50.0 Å². The third-order valence-corrected chi connectivity index (χ3v) is 5.80. The first kappa shape index (κ1) is 19.9. The Morgan fingerprint density at radius 2 is 1.66 bits per heavy atom. The summed E-state index contributed by atoms with van der Waals surface area (Å²) in [6, 6.07) is 20.4. The Bertz CT molecular complexity index is 951. The normalized spacial score (nSPS) is 14.7. The minimum absolute atomic E-state index is 0.631. The van der Waals surface area contributed by atoms with Crippen molar-refractivity contribution in [2.24, 2.45) is 0 Å². The van der Waals surface area contributed by atoms with Crippen molar-refractivity contribution in [3.8, 4) is 0 Å². The second kappa shape index (κ2) is 9.39. The van der Waals surface area contributed by atoms with Gasteiger partial charge >= 0.3 is 0 Å². The Balaban J connectivity index is 1.27. The Kier molecular flexibility index (Phi) is 6.44. The highest BCUT2D eigenvalue weighted by Crippen LogP contribution is 2.17. The summed E-state index contributed by atoms with van der Waals surface area (Å²) in [5.41, 5.74) is 2.40. The maximum absolute atomic E-state index is 6.24. The van der Waals surface area contributed by atoms with Crippen molar-refractivity contribution >= 4 is 34.7 Å². The predicted molar refractivity (Wildman–Crippen MR) is 122 cm³/mol. The zero-order valence-corrected chi connectivity index (χ0v) is 17.7. The molecule has 1 aliphatic heterocycles. The van der Waals surface area contributed by atoms with E-state index >= 15 is 0 Å². The van der Waals surface area contributed by atoms with Crippen LogP contribution in [0.4, 0.5) is 5.82 Å². The van der Waals surface area contributed by atoms with Gasteiger partial charge in [0.1, 0.15) is 0 Å². The highest BCUT2D eigenvalue weighted by molar-refractivity contribution is 7.80. The lowest BCUT2D eigenvalue weighted by Gasteiger charge is -2.36. The van der Waals surface area contributed by atoms with Crippen molar-refractivity contribution in [3.05, 3.63) is 83.0 Å². The number of thiocarbonyl (C=S) groups is 1. The molecule has 0 bridgehead atoms. The van der Waals surface area contributed by atoms with Gasteiger partial charge < -0.3 is 10.2 Å². The van der Waals surface area contributed by atoms with Crippen LogP contribution in [0.5, 0.6) is 0 Å². The molecule has 1 aliphatic rings. The van der Waals surface area contributed by atoms with Gasteiger partial charge in [-0.15, -0.1) is 0 Å². The maximum atomic E-state index is 6.24. The summed E-state index contributed by atoms with van der Waals surface area (Å²) in [6.07, 6.45) is 1.94. The number of piperazine rings is 1. The summed E-state index contributed by atoms with van der Waals surface area (Å²) in [4.78, 5) is 4.68. The molecule has 1 fully saturated rings. The second-order valence-electron chi connectivity index (χ2n) is 7.17. The molecule has 0 radical (unpaired) electrons. The van der Waals surface area contributed by atoms with Gasteiger partial charge in [0.25, 0.3) is 0 Å². The molecule has 0 atom stereocenters. The fourth-order valence-electron chi connectivity index (χ4n) is 3.46. The van der Waals surface area contributed by atoms with Gasteiger partial charge in [0.15, 0.2) is 10.9 Å². The first-order chi connectivity index (χ1) is 14.2. The molecule has 0 amide bonds. The summed E-state index contributed by atoms with van der Waals surface area (Å²) in [6.45, 7) is 5.45. The van der Waals surface area contributed by atoms with Crippen LogP contribution >= 0.6 is 23.8 Å². The van der Waals surface area contributed by atoms with Crippen molar-refractivity contribution in [1.82, 2.24) is 19.6 Å². The summed E-state index contributed by atoms with van der Waals surface area (Å²) < 4.78 is 1.87. The molecule has 4 rings (SSSR count). The van der Waals surface area contributed by atoms with Gasteiger partial charge in [0.05, 0.1) is 6.54 Å². The number of aromatic nitrogens is 2. The molecular weight excluding hydrogens is 402 g/mol. The number of hydrogen-bond acceptors (Lipinski definition) is 3. The van der Waals surface area contributed by atoms with Gasteiger partial charge in [0.2, 0.25) is 0 Å². The lowest BCUT2D eigenvalue weighted by Crippen LogP contribution is -2.49. The van der Waals surface area contributed by atoms with Crippen LogP contribution < -0.4 is 5.32 Å². The standard InChI is InChI=1S/C22H24ClN5S/c23-20-9-5-4-8-19(20)17-28-11-10-21(25-28)24-22(29)27-14-12-26(13-15-27)16-18-6-2-1-3-7-18/h1-11H,12-17H2,(H,24,25,29). The van der Waals surface area contributed by atoms with Gasteiger partial charge in [-0.05, 0) is 29.4 Å². The fourth-order valence-corrected chi connectivity index (χ4v) is 3.94. The van der Waals surface area contributed by atoms with Gasteiger partial charge in [-0.1, -0.05) is 60.1 Å². The SMILES string of the molecule is S=C(Nc1ccn(Cc2ccccc2Cl)n1)N1CCN(Cc2ccccc2)CC1. The molecule has 0 saturated carbocycles. The van der Waals surface area contributed by atoms with Crippen LogP contribution in [-0.4, -0.2) is 50.9 Å². The molecule has 0 spiro atoms. The predicted octanol–water partition coefficient (Wildman–Crippen LogP) is 4.10. The quantitative estimate of drug-likeness (QED) is 0.623. The average molecular weight is 426 g/mol. The molecular formula is C22H24ClN5S. The van der Waals surface area contributed by atoms with Gasteiger partial charge in [-0.3, -0.25) is 9.58 Å². The zero-order valence-electron chi connectivity index (χ0n) is 16.2. The van der Waals surface area contributed by atoms with E-state index in [0.717, 1.165) is 54.2 Å². The summed E-state index contributed by atoms with van der Waals surface area (Å²) >= 11 is 11.9. The van der Waals surface area contributed by atoms with Crippen molar-refractivity contribution in [3.63, 3.8) is 0 Å². The number of halogens is 1. The van der Waals surface area contributed by atoms with Crippen molar-refractivity contribution < 1.29 is 0 Å². The topological polar surface area (TPSA) is 36.3 Å². The monoisotopic (exact) mass is 425 g/mol. The van der Waals surface area contributed by atoms with E-state index in [2.05, 4.69) is 50.5 Å². The number of nitrogens with zero attached hydrogens (tertiary/aromatic N) is 4. The Labute approximate surface area is 181 Å². The molecule has 1 saturated heterocycles. The molecule has 3 aromatic rings. The van der Waals surface area contributed by atoms with Crippen LogP contribution in [0.15, 0.2) is 66.9 Å². The first-order valence-corrected chi connectivity index (χ1v) is 10.5. The number of benzene rings is 2. The van der Waals surface area contributed by atoms with Crippen LogP contribution in [0.2, 0.25) is 5.02 Å². The third kappa shape index (κ3) is 5.35. The number of rotatable bonds is 5. The molecule has 0 unspecified atom stereocenters. The molecule has 1 aromatic heterocycles. The van der Waals surface area contributed by atoms with Crippen molar-refractivity contribution in [2.75, 3.05) is 31.5 Å². The van der Waals surface area contributed by atoms with E-state index in [4.69, 9.17) is 23.8 Å². The first-order valence-electron chi connectivity index (χ1n) is 9.76. The van der Waals surface area contributed by atoms with E-state index in [-0.39, 0.29) is 0 Å². The Morgan fingerprint density at radius 3 is 2.41 bits per heavy atom. The minimum atomic E-state index is 0.631. The molecule has 2 heterocycles. The molecule has 2 aromatic carbocycles. The molecule has 1 N–H and O–H groups in total. The lowest BCUT2D eigenvalue weighted by molar-refractivity contribution is 0.177. The van der Waals surface area contributed by atoms with Gasteiger partial charge in [-0.25, -0.2) is 0 Å². The van der Waals surface area contributed by atoms with E-state index in [1.165, 1.54) is 5.56 Å². The molecule has 5 nitrogen and oxygen atoms in total. The molecule has 7 heteroatoms.